The Morgan fingerprint density at radius 3 is 2.29 bits per heavy atom. The highest BCUT2D eigenvalue weighted by atomic mass is 79.9. The highest BCUT2D eigenvalue weighted by molar-refractivity contribution is 9.13. The molecule has 0 bridgehead atoms. The van der Waals surface area contributed by atoms with E-state index in [1.165, 1.54) is 6.42 Å². The van der Waals surface area contributed by atoms with Gasteiger partial charge in [0.25, 0.3) is 0 Å². The van der Waals surface area contributed by atoms with Crippen molar-refractivity contribution in [3.63, 3.8) is 0 Å². The van der Waals surface area contributed by atoms with Crippen LogP contribution in [0.4, 0.5) is 0 Å². The van der Waals surface area contributed by atoms with Gasteiger partial charge in [-0.25, -0.2) is 0 Å². The van der Waals surface area contributed by atoms with Crippen LogP contribution in [0.15, 0.2) is 19.6 Å². The molecule has 0 aliphatic heterocycles. The minimum atomic E-state index is -0.484. The normalized spacial score (nSPS) is 31.5. The van der Waals surface area contributed by atoms with Crippen LogP contribution in [-0.2, 0) is 0 Å². The molecule has 3 atom stereocenters. The summed E-state index contributed by atoms with van der Waals surface area (Å²) in [6.07, 6.45) is 2.96. The van der Waals surface area contributed by atoms with Crippen LogP contribution in [0, 0.1) is 17.8 Å². The summed E-state index contributed by atoms with van der Waals surface area (Å²) in [5.41, 5.74) is 0. The Kier molecular flexibility index (Phi) is 4.37. The van der Waals surface area contributed by atoms with E-state index in [1.54, 1.807) is 0 Å². The largest absolute Gasteiger partial charge is 0.450 e. The quantitative estimate of drug-likeness (QED) is 0.807. The number of hydrogen-bond donors (Lipinski definition) is 1. The minimum Gasteiger partial charge on any atom is -0.450 e. The first-order valence-corrected chi connectivity index (χ1v) is 7.68. The van der Waals surface area contributed by atoms with Gasteiger partial charge in [-0.3, -0.25) is 0 Å². The topological polar surface area (TPSA) is 33.4 Å². The van der Waals surface area contributed by atoms with Crippen LogP contribution in [0.25, 0.3) is 0 Å². The van der Waals surface area contributed by atoms with E-state index in [9.17, 15) is 5.11 Å². The first-order valence-electron chi connectivity index (χ1n) is 6.10. The third-order valence-corrected chi connectivity index (χ3v) is 5.33. The van der Waals surface area contributed by atoms with Crippen molar-refractivity contribution in [2.75, 3.05) is 0 Å². The maximum Gasteiger partial charge on any atom is 0.183 e. The molecule has 0 aromatic carbocycles. The predicted octanol–water partition coefficient (Wildman–Crippen LogP) is 4.91. The van der Waals surface area contributed by atoms with E-state index in [0.717, 1.165) is 17.3 Å². The summed E-state index contributed by atoms with van der Waals surface area (Å²) in [7, 11) is 0. The van der Waals surface area contributed by atoms with Crippen molar-refractivity contribution in [1.29, 1.82) is 0 Å². The average Bonchev–Trinajstić information content (AvgIpc) is 2.57. The third-order valence-electron chi connectivity index (χ3n) is 3.62. The molecule has 2 rings (SSSR count). The lowest BCUT2D eigenvalue weighted by Gasteiger charge is -2.33. The number of hydrogen-bond acceptors (Lipinski definition) is 2. The summed E-state index contributed by atoms with van der Waals surface area (Å²) in [5.74, 6) is 2.37. The maximum absolute atomic E-state index is 10.4. The second-order valence-electron chi connectivity index (χ2n) is 5.39. The zero-order chi connectivity index (χ0) is 12.6. The summed E-state index contributed by atoms with van der Waals surface area (Å²) in [6.45, 7) is 4.53. The smallest absolute Gasteiger partial charge is 0.183 e. The van der Waals surface area contributed by atoms with Gasteiger partial charge in [-0.15, -0.1) is 0 Å². The van der Waals surface area contributed by atoms with Gasteiger partial charge in [0.2, 0.25) is 0 Å². The van der Waals surface area contributed by atoms with Crippen molar-refractivity contribution in [2.45, 2.75) is 39.2 Å². The first kappa shape index (κ1) is 13.6. The lowest BCUT2D eigenvalue weighted by molar-refractivity contribution is 0.0391. The summed E-state index contributed by atoms with van der Waals surface area (Å²) < 4.78 is 7.04. The lowest BCUT2D eigenvalue weighted by Crippen LogP contribution is -2.24. The van der Waals surface area contributed by atoms with Gasteiger partial charge in [-0.1, -0.05) is 13.8 Å². The van der Waals surface area contributed by atoms with E-state index in [4.69, 9.17) is 4.42 Å². The summed E-state index contributed by atoms with van der Waals surface area (Å²) in [4.78, 5) is 0. The lowest BCUT2D eigenvalue weighted by atomic mass is 9.74. The SMILES string of the molecule is CC1CC(C)CC(C(O)c2cc(Br)c(Br)o2)C1. The highest BCUT2D eigenvalue weighted by Crippen LogP contribution is 2.41. The van der Waals surface area contributed by atoms with Crippen molar-refractivity contribution in [2.24, 2.45) is 17.8 Å². The standard InChI is InChI=1S/C13H18Br2O2/c1-7-3-8(2)5-9(4-7)12(16)11-6-10(14)13(15)17-11/h6-9,12,16H,3-5H2,1-2H3. The van der Waals surface area contributed by atoms with Crippen molar-refractivity contribution in [3.8, 4) is 0 Å². The molecule has 0 spiro atoms. The maximum atomic E-state index is 10.4. The van der Waals surface area contributed by atoms with Gasteiger partial charge in [-0.2, -0.15) is 0 Å². The van der Waals surface area contributed by atoms with Crippen LogP contribution in [-0.4, -0.2) is 5.11 Å². The zero-order valence-corrected chi connectivity index (χ0v) is 13.3. The zero-order valence-electron chi connectivity index (χ0n) is 10.1. The second-order valence-corrected chi connectivity index (χ2v) is 6.97. The molecule has 17 heavy (non-hydrogen) atoms. The molecule has 1 aromatic rings. The van der Waals surface area contributed by atoms with Gasteiger partial charge in [0.15, 0.2) is 4.67 Å². The molecule has 1 N–H and O–H groups in total. The summed E-state index contributed by atoms with van der Waals surface area (Å²) >= 11 is 6.69. The fraction of sp³-hybridized carbons (Fsp3) is 0.692. The van der Waals surface area contributed by atoms with Crippen molar-refractivity contribution >= 4 is 31.9 Å². The Balaban J connectivity index is 2.11. The molecule has 1 heterocycles. The predicted molar refractivity (Wildman–Crippen MR) is 74.7 cm³/mol. The molecule has 0 amide bonds. The molecule has 2 nitrogen and oxygen atoms in total. The van der Waals surface area contributed by atoms with Crippen molar-refractivity contribution in [1.82, 2.24) is 0 Å². The van der Waals surface area contributed by atoms with Crippen LogP contribution in [0.1, 0.15) is 45.0 Å². The second kappa shape index (κ2) is 5.45. The number of rotatable bonds is 2. The number of furan rings is 1. The fourth-order valence-electron chi connectivity index (χ4n) is 3.01. The molecule has 1 saturated carbocycles. The number of aliphatic hydroxyl groups excluding tert-OH is 1. The fourth-order valence-corrected chi connectivity index (χ4v) is 3.62. The van der Waals surface area contributed by atoms with Crippen LogP contribution < -0.4 is 0 Å². The summed E-state index contributed by atoms with van der Waals surface area (Å²) in [6, 6.07) is 1.86. The van der Waals surface area contributed by atoms with Gasteiger partial charge in [0.05, 0.1) is 4.47 Å². The molecule has 0 saturated heterocycles. The highest BCUT2D eigenvalue weighted by Gasteiger charge is 2.31. The minimum absolute atomic E-state index is 0.318. The van der Waals surface area contributed by atoms with E-state index in [1.807, 2.05) is 6.07 Å². The van der Waals surface area contributed by atoms with Crippen molar-refractivity contribution in [3.05, 3.63) is 21.0 Å². The first-order chi connectivity index (χ1) is 7.97. The molecule has 1 fully saturated rings. The van der Waals surface area contributed by atoms with E-state index in [2.05, 4.69) is 45.7 Å². The average molecular weight is 366 g/mol. The van der Waals surface area contributed by atoms with Gasteiger partial charge in [0.1, 0.15) is 11.9 Å². The van der Waals surface area contributed by atoms with Gasteiger partial charge >= 0.3 is 0 Å². The van der Waals surface area contributed by atoms with Crippen LogP contribution in [0.5, 0.6) is 0 Å². The van der Waals surface area contributed by atoms with E-state index >= 15 is 0 Å². The van der Waals surface area contributed by atoms with E-state index in [0.29, 0.717) is 28.2 Å². The van der Waals surface area contributed by atoms with Crippen LogP contribution in [0.3, 0.4) is 0 Å². The third kappa shape index (κ3) is 3.15. The van der Waals surface area contributed by atoms with E-state index < -0.39 is 6.10 Å². The molecule has 0 radical (unpaired) electrons. The Morgan fingerprint density at radius 2 is 1.82 bits per heavy atom. The van der Waals surface area contributed by atoms with Gasteiger partial charge in [-0.05, 0) is 74.9 Å². The van der Waals surface area contributed by atoms with Crippen LogP contribution in [0.2, 0.25) is 0 Å². The Hall–Kier alpha value is 0.200. The molecular formula is C13H18Br2O2. The summed E-state index contributed by atoms with van der Waals surface area (Å²) in [5, 5.41) is 10.4. The van der Waals surface area contributed by atoms with Gasteiger partial charge < -0.3 is 9.52 Å². The van der Waals surface area contributed by atoms with E-state index in [-0.39, 0.29) is 0 Å². The van der Waals surface area contributed by atoms with Gasteiger partial charge in [0, 0.05) is 0 Å². The molecule has 1 aliphatic rings. The number of aliphatic hydroxyl groups is 1. The molecule has 96 valence electrons. The molecule has 1 aromatic heterocycles. The van der Waals surface area contributed by atoms with Crippen molar-refractivity contribution < 1.29 is 9.52 Å². The monoisotopic (exact) mass is 364 g/mol. The molecule has 4 heteroatoms. The van der Waals surface area contributed by atoms with Crippen LogP contribution >= 0.6 is 31.9 Å². The molecular weight excluding hydrogens is 348 g/mol. The number of halogens is 2. The molecule has 3 unspecified atom stereocenters. The Bertz CT molecular complexity index is 359. The Labute approximate surface area is 119 Å². The Morgan fingerprint density at radius 1 is 1.24 bits per heavy atom. The molecule has 1 aliphatic carbocycles.